The van der Waals surface area contributed by atoms with Crippen LogP contribution in [0.1, 0.15) is 98.3 Å². The number of benzene rings is 8. The molecule has 0 aliphatic carbocycles. The number of imidazole rings is 1. The predicted molar refractivity (Wildman–Crippen MR) is 332 cm³/mol. The average molecular weight is 1040 g/mol. The second-order valence-electron chi connectivity index (χ2n) is 24.8. The van der Waals surface area contributed by atoms with Crippen molar-refractivity contribution in [3.8, 4) is 39.4 Å². The lowest BCUT2D eigenvalue weighted by molar-refractivity contribution is -0.571. The molecule has 77 heavy (non-hydrogen) atoms. The van der Waals surface area contributed by atoms with Gasteiger partial charge in [-0.15, -0.1) is 0 Å². The number of para-hydroxylation sites is 4. The number of rotatable bonds is 9. The fourth-order valence-electron chi connectivity index (χ4n) is 12.1. The standard InChI is InChI=1S/C71H71N4PSi/c1-69(2,3)51-37-38-72-67(45-51)75-63-32-15-14-29-61(63)62-36-35-56(47-66(62)75)76-55-25-21-24-54(46-55)73-48-74(65-34-17-16-33-64(65)73)68-59(30-22-31-60(68)50-41-52(70(4,5)6)44-53(42-50)71(7,8)9)49-23-20-28-58(43-49)77(39-18-11-19-40-77)57-26-12-10-13-27-57/h10,12-17,20-38,41-47,76H,11,18-19,39-40H2,1-9H3. The lowest BCUT2D eigenvalue weighted by Gasteiger charge is -2.36. The zero-order valence-corrected chi connectivity index (χ0v) is 48.4. The van der Waals surface area contributed by atoms with Gasteiger partial charge in [0.25, 0.3) is 6.33 Å². The molecular formula is C71H71N4PSi. The molecule has 0 bridgehead atoms. The van der Waals surface area contributed by atoms with Crippen LogP contribution in [0.2, 0.25) is 12.1 Å². The normalized spacial score (nSPS) is 14.4. The van der Waals surface area contributed by atoms with E-state index in [0.717, 1.165) is 28.2 Å². The zero-order valence-electron chi connectivity index (χ0n) is 46.4. The van der Waals surface area contributed by atoms with E-state index in [1.54, 1.807) is 10.4 Å². The topological polar surface area (TPSA) is 26.6 Å². The number of nitrogens with zero attached hydrogens (tertiary/aromatic N) is 4. The van der Waals surface area contributed by atoms with Crippen molar-refractivity contribution >= 4 is 70.5 Å². The first kappa shape index (κ1) is 50.6. The van der Waals surface area contributed by atoms with Crippen molar-refractivity contribution in [3.05, 3.63) is 223 Å². The molecule has 1 saturated heterocycles. The van der Waals surface area contributed by atoms with Gasteiger partial charge in [-0.3, -0.25) is 13.7 Å². The van der Waals surface area contributed by atoms with E-state index in [9.17, 15) is 0 Å². The molecule has 1 atom stereocenters. The Morgan fingerprint density at radius 1 is 0.481 bits per heavy atom. The Bertz CT molecular complexity index is 3970. The van der Waals surface area contributed by atoms with Crippen LogP contribution < -0.4 is 25.5 Å². The van der Waals surface area contributed by atoms with Gasteiger partial charge in [-0.2, -0.15) is 0 Å². The van der Waals surface area contributed by atoms with Crippen molar-refractivity contribution in [2.24, 2.45) is 0 Å². The molecule has 1 aliphatic heterocycles. The largest absolute Gasteiger partial charge is 0.294 e. The summed E-state index contributed by atoms with van der Waals surface area (Å²) in [6.07, 6.45) is 9.93. The first-order valence-electron chi connectivity index (χ1n) is 27.8. The van der Waals surface area contributed by atoms with E-state index in [4.69, 9.17) is 4.98 Å². The highest BCUT2D eigenvalue weighted by Crippen LogP contribution is 2.40. The van der Waals surface area contributed by atoms with Crippen molar-refractivity contribution in [1.82, 2.24) is 14.1 Å². The monoisotopic (exact) mass is 1040 g/mol. The Labute approximate surface area is 459 Å². The van der Waals surface area contributed by atoms with Crippen molar-refractivity contribution in [2.45, 2.75) is 110 Å². The molecule has 3 aromatic heterocycles. The third-order valence-electron chi connectivity index (χ3n) is 16.5. The van der Waals surface area contributed by atoms with Crippen LogP contribution in [0.3, 0.4) is 0 Å². The molecule has 1 aliphatic rings. The van der Waals surface area contributed by atoms with Crippen molar-refractivity contribution < 1.29 is 4.57 Å². The summed E-state index contributed by atoms with van der Waals surface area (Å²) in [7, 11) is -1.58. The second-order valence-corrected chi connectivity index (χ2v) is 30.5. The highest BCUT2D eigenvalue weighted by Gasteiger charge is 2.38. The molecule has 4 nitrogen and oxygen atoms in total. The van der Waals surface area contributed by atoms with Crippen LogP contribution in [0.15, 0.2) is 200 Å². The number of fused-ring (bicyclic) bond motifs is 4. The molecule has 1 fully saturated rings. The van der Waals surface area contributed by atoms with Gasteiger partial charge in [0.05, 0.1) is 33.4 Å². The first-order valence-corrected chi connectivity index (χ1v) is 31.2. The van der Waals surface area contributed by atoms with Crippen molar-refractivity contribution in [2.75, 3.05) is 0 Å². The van der Waals surface area contributed by atoms with Gasteiger partial charge in [0.1, 0.15) is 13.9 Å². The van der Waals surface area contributed by atoms with Crippen LogP contribution in [0, 0.1) is 6.33 Å². The van der Waals surface area contributed by atoms with Gasteiger partial charge >= 0.3 is 0 Å². The fraction of sp³-hybridized carbons (Fsp3) is 0.239. The van der Waals surface area contributed by atoms with Gasteiger partial charge in [0.15, 0.2) is 0 Å². The lowest BCUT2D eigenvalue weighted by atomic mass is 9.78. The Balaban J connectivity index is 1.01. The summed E-state index contributed by atoms with van der Waals surface area (Å²) in [4.78, 5) is 4.97. The molecule has 1 unspecified atom stereocenters. The maximum Gasteiger partial charge on any atom is 0.269 e. The van der Waals surface area contributed by atoms with Gasteiger partial charge in [-0.05, 0) is 114 Å². The molecule has 8 aromatic carbocycles. The van der Waals surface area contributed by atoms with Gasteiger partial charge < -0.3 is 0 Å². The van der Waals surface area contributed by atoms with E-state index in [-0.39, 0.29) is 16.2 Å². The van der Waals surface area contributed by atoms with E-state index < -0.39 is 8.07 Å². The number of aromatic nitrogens is 4. The summed E-state index contributed by atoms with van der Waals surface area (Å²) in [5, 5.41) is 8.13. The van der Waals surface area contributed by atoms with Gasteiger partial charge in [0, 0.05) is 17.0 Å². The maximum absolute atomic E-state index is 4.97. The van der Waals surface area contributed by atoms with E-state index >= 15 is 0 Å². The van der Waals surface area contributed by atoms with Crippen LogP contribution >= 0.6 is 8.58 Å². The molecule has 0 saturated carbocycles. The van der Waals surface area contributed by atoms with Crippen molar-refractivity contribution in [3.63, 3.8) is 0 Å². The van der Waals surface area contributed by atoms with E-state index in [2.05, 4.69) is 276 Å². The van der Waals surface area contributed by atoms with Gasteiger partial charge in [-0.25, -0.2) is 4.98 Å². The smallest absolute Gasteiger partial charge is 0.269 e. The van der Waals surface area contributed by atoms with Crippen LogP contribution in [0.5, 0.6) is 0 Å². The fourth-order valence-corrected chi connectivity index (χ4v) is 18.4. The van der Waals surface area contributed by atoms with Crippen LogP contribution in [-0.2, 0) is 16.2 Å². The summed E-state index contributed by atoms with van der Waals surface area (Å²) in [6.45, 7) is 20.8. The number of pyridine rings is 1. The van der Waals surface area contributed by atoms with E-state index in [0.29, 0.717) is 8.58 Å². The maximum atomic E-state index is 4.97. The van der Waals surface area contributed by atoms with Crippen LogP contribution in [-0.4, -0.2) is 22.2 Å². The lowest BCUT2D eigenvalue weighted by Crippen LogP contribution is -2.59. The minimum Gasteiger partial charge on any atom is -0.294 e. The highest BCUT2D eigenvalue weighted by molar-refractivity contribution is 7.55. The molecule has 6 heteroatoms. The minimum atomic E-state index is -2.02. The summed E-state index contributed by atoms with van der Waals surface area (Å²) >= 11 is 0. The molecule has 384 valence electrons. The van der Waals surface area contributed by atoms with Gasteiger partial charge in [-0.1, -0.05) is 258 Å². The first-order chi connectivity index (χ1) is 37.0. The summed E-state index contributed by atoms with van der Waals surface area (Å²) in [5.74, 6) is 0.950. The molecule has 4 heterocycles. The molecule has 0 radical (unpaired) electrons. The number of hydrogen-bond donors (Lipinski definition) is 0. The summed E-state index contributed by atoms with van der Waals surface area (Å²) in [5.41, 5.74) is 15.6. The molecule has 11 aromatic rings. The second kappa shape index (κ2) is 19.7. The molecule has 12 rings (SSSR count). The molecule has 0 amide bonds. The molecular weight excluding hydrogens is 968 g/mol. The van der Waals surface area contributed by atoms with E-state index in [1.807, 2.05) is 6.20 Å². The predicted octanol–water partition coefficient (Wildman–Crippen LogP) is 15.8. The van der Waals surface area contributed by atoms with Gasteiger partial charge in [0.2, 0.25) is 0 Å². The third kappa shape index (κ3) is 9.50. The Morgan fingerprint density at radius 3 is 1.84 bits per heavy atom. The average Bonchev–Trinajstić information content (AvgIpc) is 4.18. The van der Waals surface area contributed by atoms with Crippen LogP contribution in [0.25, 0.3) is 72.3 Å². The highest BCUT2D eigenvalue weighted by atomic mass is 31.1. The summed E-state index contributed by atoms with van der Waals surface area (Å²) in [6, 6.07) is 76.4. The quantitative estimate of drug-likeness (QED) is 0.0612. The van der Waals surface area contributed by atoms with Crippen LogP contribution in [0.4, 0.5) is 0 Å². The van der Waals surface area contributed by atoms with Crippen molar-refractivity contribution in [1.29, 1.82) is 0 Å². The Kier molecular flexibility index (Phi) is 12.9. The molecule has 0 N–H and O–H groups in total. The third-order valence-corrected chi connectivity index (χ3v) is 22.9. The molecule has 0 spiro atoms. The Morgan fingerprint density at radius 2 is 1.10 bits per heavy atom. The van der Waals surface area contributed by atoms with E-state index in [1.165, 1.54) is 103 Å². The zero-order chi connectivity index (χ0) is 53.3. The number of hydrogen-bond acceptors (Lipinski definition) is 1. The Hall–Kier alpha value is -7.17. The summed E-state index contributed by atoms with van der Waals surface area (Å²) < 4.78 is 7.03. The minimum absolute atomic E-state index is 0.00361. The SMILES string of the molecule is CC(C)(C)c1cc(-c2cccc(-c3cccc([Si]4(c5ccccc5)CCCCC4)c3)c2-[n+]2[c-]n(-c3cccc(Pc4ccc5c6ccccc6n(-c6cc(C(C)(C)C)ccn6)c5c4)c3)c3ccccc32)cc(C(C)(C)C)c1.